The highest BCUT2D eigenvalue weighted by molar-refractivity contribution is 6.31. The van der Waals surface area contributed by atoms with Crippen molar-refractivity contribution >= 4 is 28.4 Å². The van der Waals surface area contributed by atoms with Gasteiger partial charge in [-0.3, -0.25) is 0 Å². The molecule has 0 atom stereocenters. The maximum absolute atomic E-state index is 13.1. The van der Waals surface area contributed by atoms with Crippen molar-refractivity contribution in [1.29, 1.82) is 0 Å². The van der Waals surface area contributed by atoms with Gasteiger partial charge in [-0.1, -0.05) is 11.6 Å². The van der Waals surface area contributed by atoms with Crippen LogP contribution in [0.3, 0.4) is 0 Å². The zero-order valence-electron chi connectivity index (χ0n) is 9.15. The largest absolute Gasteiger partial charge is 0.436 e. The molecule has 0 aliphatic rings. The molecule has 0 aliphatic carbocycles. The smallest absolute Gasteiger partial charge is 0.227 e. The number of nitrogen functional groups attached to an aromatic ring is 1. The Kier molecular flexibility index (Phi) is 2.45. The van der Waals surface area contributed by atoms with Gasteiger partial charge < -0.3 is 10.2 Å². The average molecular weight is 263 g/mol. The number of rotatable bonds is 1. The minimum atomic E-state index is -0.460. The number of aromatic nitrogens is 1. The van der Waals surface area contributed by atoms with Crippen LogP contribution in [-0.4, -0.2) is 4.98 Å². The van der Waals surface area contributed by atoms with Gasteiger partial charge in [0, 0.05) is 10.6 Å². The van der Waals surface area contributed by atoms with Crippen molar-refractivity contribution in [3.8, 4) is 11.5 Å². The molecule has 0 bridgehead atoms. The Bertz CT molecular complexity index is 739. The van der Waals surface area contributed by atoms with Gasteiger partial charge in [0.05, 0.1) is 5.69 Å². The molecule has 2 N–H and O–H groups in total. The summed E-state index contributed by atoms with van der Waals surface area (Å²) in [6, 6.07) is 9.50. The molecule has 0 spiro atoms. The predicted octanol–water partition coefficient (Wildman–Crippen LogP) is 3.87. The Balaban J connectivity index is 2.16. The van der Waals surface area contributed by atoms with Gasteiger partial charge in [0.1, 0.15) is 11.3 Å². The van der Waals surface area contributed by atoms with E-state index in [-0.39, 0.29) is 5.69 Å². The Morgan fingerprint density at radius 2 is 2.00 bits per heavy atom. The predicted molar refractivity (Wildman–Crippen MR) is 68.8 cm³/mol. The maximum atomic E-state index is 13.1. The first-order chi connectivity index (χ1) is 8.63. The number of nitrogens with zero attached hydrogens (tertiary/aromatic N) is 1. The minimum Gasteiger partial charge on any atom is -0.436 e. The number of nitrogens with two attached hydrogens (primary N) is 1. The molecular formula is C13H8ClFN2O. The van der Waals surface area contributed by atoms with Crippen LogP contribution in [0.2, 0.25) is 5.02 Å². The standard InChI is InChI=1S/C13H8ClFN2O/c14-8-2-4-12-11(6-8)17-13(18-12)7-1-3-9(15)10(16)5-7/h1-6H,16H2. The van der Waals surface area contributed by atoms with Crippen molar-refractivity contribution in [3.63, 3.8) is 0 Å². The van der Waals surface area contributed by atoms with Crippen molar-refractivity contribution < 1.29 is 8.81 Å². The molecule has 3 rings (SSSR count). The second-order valence-electron chi connectivity index (χ2n) is 3.87. The summed E-state index contributed by atoms with van der Waals surface area (Å²) in [7, 11) is 0. The lowest BCUT2D eigenvalue weighted by molar-refractivity contribution is 0.617. The van der Waals surface area contributed by atoms with E-state index in [1.54, 1.807) is 24.3 Å². The van der Waals surface area contributed by atoms with Gasteiger partial charge in [-0.25, -0.2) is 9.37 Å². The van der Waals surface area contributed by atoms with E-state index in [4.69, 9.17) is 21.8 Å². The monoisotopic (exact) mass is 262 g/mol. The van der Waals surface area contributed by atoms with Crippen molar-refractivity contribution in [1.82, 2.24) is 4.98 Å². The van der Waals surface area contributed by atoms with Crippen molar-refractivity contribution in [2.75, 3.05) is 5.73 Å². The zero-order valence-corrected chi connectivity index (χ0v) is 9.91. The normalized spacial score (nSPS) is 11.0. The highest BCUT2D eigenvalue weighted by atomic mass is 35.5. The molecule has 1 aromatic heterocycles. The molecule has 5 heteroatoms. The topological polar surface area (TPSA) is 52.0 Å². The Morgan fingerprint density at radius 3 is 2.78 bits per heavy atom. The van der Waals surface area contributed by atoms with Gasteiger partial charge in [-0.2, -0.15) is 0 Å². The fraction of sp³-hybridized carbons (Fsp3) is 0. The lowest BCUT2D eigenvalue weighted by Gasteiger charge is -1.98. The number of hydrogen-bond acceptors (Lipinski definition) is 3. The third-order valence-corrected chi connectivity index (χ3v) is 2.83. The molecule has 0 unspecified atom stereocenters. The minimum absolute atomic E-state index is 0.0628. The Labute approximate surface area is 107 Å². The quantitative estimate of drug-likeness (QED) is 0.677. The lowest BCUT2D eigenvalue weighted by Crippen LogP contribution is -1.90. The highest BCUT2D eigenvalue weighted by Gasteiger charge is 2.10. The van der Waals surface area contributed by atoms with Crippen molar-refractivity contribution in [3.05, 3.63) is 47.2 Å². The second-order valence-corrected chi connectivity index (χ2v) is 4.30. The molecule has 3 aromatic rings. The van der Waals surface area contributed by atoms with E-state index in [9.17, 15) is 4.39 Å². The first-order valence-corrected chi connectivity index (χ1v) is 5.63. The fourth-order valence-electron chi connectivity index (χ4n) is 1.70. The third kappa shape index (κ3) is 1.80. The fourth-order valence-corrected chi connectivity index (χ4v) is 1.87. The van der Waals surface area contributed by atoms with E-state index in [0.717, 1.165) is 0 Å². The van der Waals surface area contributed by atoms with E-state index in [0.29, 0.717) is 27.6 Å². The van der Waals surface area contributed by atoms with Crippen molar-refractivity contribution in [2.45, 2.75) is 0 Å². The van der Waals surface area contributed by atoms with Crippen LogP contribution in [0.1, 0.15) is 0 Å². The third-order valence-electron chi connectivity index (χ3n) is 2.59. The first kappa shape index (κ1) is 11.0. The molecule has 90 valence electrons. The average Bonchev–Trinajstić information content (AvgIpc) is 2.75. The number of hydrogen-bond donors (Lipinski definition) is 1. The molecule has 0 radical (unpaired) electrons. The van der Waals surface area contributed by atoms with Gasteiger partial charge in [0.25, 0.3) is 0 Å². The summed E-state index contributed by atoms with van der Waals surface area (Å²) < 4.78 is 18.6. The first-order valence-electron chi connectivity index (χ1n) is 5.25. The van der Waals surface area contributed by atoms with Crippen LogP contribution in [0, 0.1) is 5.82 Å². The molecule has 2 aromatic carbocycles. The summed E-state index contributed by atoms with van der Waals surface area (Å²) in [5.74, 6) is -0.0723. The summed E-state index contributed by atoms with van der Waals surface area (Å²) in [6.45, 7) is 0. The van der Waals surface area contributed by atoms with E-state index < -0.39 is 5.82 Å². The summed E-state index contributed by atoms with van der Waals surface area (Å²) in [5, 5.41) is 0.584. The van der Waals surface area contributed by atoms with E-state index >= 15 is 0 Å². The Hall–Kier alpha value is -2.07. The summed E-state index contributed by atoms with van der Waals surface area (Å²) in [6.07, 6.45) is 0. The van der Waals surface area contributed by atoms with Crippen LogP contribution in [0.4, 0.5) is 10.1 Å². The molecule has 0 saturated heterocycles. The lowest BCUT2D eigenvalue weighted by atomic mass is 10.2. The molecule has 0 aliphatic heterocycles. The summed E-state index contributed by atoms with van der Waals surface area (Å²) >= 11 is 5.87. The highest BCUT2D eigenvalue weighted by Crippen LogP contribution is 2.27. The van der Waals surface area contributed by atoms with Crippen LogP contribution in [0.5, 0.6) is 0 Å². The van der Waals surface area contributed by atoms with E-state index in [2.05, 4.69) is 4.98 Å². The van der Waals surface area contributed by atoms with Crippen LogP contribution < -0.4 is 5.73 Å². The molecular weight excluding hydrogens is 255 g/mol. The van der Waals surface area contributed by atoms with Crippen LogP contribution >= 0.6 is 11.6 Å². The molecule has 0 fully saturated rings. The Morgan fingerprint density at radius 1 is 1.17 bits per heavy atom. The van der Waals surface area contributed by atoms with Gasteiger partial charge in [-0.05, 0) is 36.4 Å². The summed E-state index contributed by atoms with van der Waals surface area (Å²) in [4.78, 5) is 4.29. The van der Waals surface area contributed by atoms with Gasteiger partial charge in [0.2, 0.25) is 5.89 Å². The molecule has 18 heavy (non-hydrogen) atoms. The number of halogens is 2. The number of fused-ring (bicyclic) bond motifs is 1. The number of oxazole rings is 1. The molecule has 3 nitrogen and oxygen atoms in total. The number of anilines is 1. The van der Waals surface area contributed by atoms with Crippen LogP contribution in [-0.2, 0) is 0 Å². The van der Waals surface area contributed by atoms with Crippen LogP contribution in [0.25, 0.3) is 22.6 Å². The van der Waals surface area contributed by atoms with E-state index in [1.807, 2.05) is 0 Å². The molecule has 1 heterocycles. The van der Waals surface area contributed by atoms with Gasteiger partial charge in [-0.15, -0.1) is 0 Å². The van der Waals surface area contributed by atoms with Gasteiger partial charge >= 0.3 is 0 Å². The van der Waals surface area contributed by atoms with E-state index in [1.165, 1.54) is 12.1 Å². The SMILES string of the molecule is Nc1cc(-c2nc3cc(Cl)ccc3o2)ccc1F. The van der Waals surface area contributed by atoms with Gasteiger partial charge in [0.15, 0.2) is 5.58 Å². The van der Waals surface area contributed by atoms with Crippen LogP contribution in [0.15, 0.2) is 40.8 Å². The van der Waals surface area contributed by atoms with Crippen molar-refractivity contribution in [2.24, 2.45) is 0 Å². The summed E-state index contributed by atoms with van der Waals surface area (Å²) in [5.41, 5.74) is 7.48. The second kappa shape index (κ2) is 3.99. The zero-order chi connectivity index (χ0) is 12.7. The molecule has 0 saturated carbocycles. The molecule has 0 amide bonds. The maximum Gasteiger partial charge on any atom is 0.227 e. The number of benzene rings is 2.